The molecule has 0 aromatic heterocycles. The molecule has 5 atom stereocenters. The van der Waals surface area contributed by atoms with Gasteiger partial charge in [0, 0.05) is 13.5 Å². The molecule has 0 spiro atoms. The lowest BCUT2D eigenvalue weighted by Gasteiger charge is -2.33. The molecule has 42 heavy (non-hydrogen) atoms. The molecule has 1 aromatic rings. The second-order valence-electron chi connectivity index (χ2n) is 13.0. The third-order valence-corrected chi connectivity index (χ3v) is 7.54. The van der Waals surface area contributed by atoms with Crippen molar-refractivity contribution in [3.63, 3.8) is 0 Å². The molecule has 234 valence electrons. The minimum absolute atomic E-state index is 0.0649. The predicted octanol–water partition coefficient (Wildman–Crippen LogP) is 2.41. The van der Waals surface area contributed by atoms with Crippen molar-refractivity contribution in [2.24, 2.45) is 23.7 Å². The van der Waals surface area contributed by atoms with Crippen LogP contribution in [-0.2, 0) is 30.4 Å². The third kappa shape index (κ3) is 9.84. The number of benzene rings is 1. The molecule has 2 rings (SSSR count). The molecule has 1 aliphatic rings. The number of hydrogen-bond donors (Lipinski definition) is 4. The normalized spacial score (nSPS) is 25.2. The van der Waals surface area contributed by atoms with Gasteiger partial charge in [0.25, 0.3) is 0 Å². The Balaban J connectivity index is 2.65. The van der Waals surface area contributed by atoms with Gasteiger partial charge in [-0.3, -0.25) is 24.0 Å². The Hall–Kier alpha value is -3.43. The van der Waals surface area contributed by atoms with Crippen LogP contribution in [0.2, 0.25) is 0 Å². The highest BCUT2D eigenvalue weighted by Crippen LogP contribution is 2.17. The Kier molecular flexibility index (Phi) is 13.0. The summed E-state index contributed by atoms with van der Waals surface area (Å²) in [6, 6.07) is 4.68. The van der Waals surface area contributed by atoms with E-state index in [4.69, 9.17) is 0 Å². The molecule has 0 bridgehead atoms. The van der Waals surface area contributed by atoms with E-state index in [0.717, 1.165) is 5.56 Å². The molecule has 1 aliphatic heterocycles. The zero-order valence-corrected chi connectivity index (χ0v) is 26.7. The van der Waals surface area contributed by atoms with E-state index in [1.165, 1.54) is 4.90 Å². The van der Waals surface area contributed by atoms with E-state index in [9.17, 15) is 24.0 Å². The Morgan fingerprint density at radius 1 is 0.619 bits per heavy atom. The monoisotopic (exact) mass is 585 g/mol. The first-order valence-electron chi connectivity index (χ1n) is 15.1. The van der Waals surface area contributed by atoms with E-state index in [1.807, 2.05) is 71.9 Å². The van der Waals surface area contributed by atoms with Crippen LogP contribution in [0.1, 0.15) is 73.8 Å². The lowest BCUT2D eigenvalue weighted by molar-refractivity contribution is -0.143. The first kappa shape index (κ1) is 34.8. The zero-order chi connectivity index (χ0) is 31.7. The highest BCUT2D eigenvalue weighted by Gasteiger charge is 2.38. The lowest BCUT2D eigenvalue weighted by atomic mass is 9.97. The van der Waals surface area contributed by atoms with Crippen molar-refractivity contribution in [1.82, 2.24) is 26.2 Å². The second kappa shape index (κ2) is 15.7. The summed E-state index contributed by atoms with van der Waals surface area (Å²) in [5.41, 5.74) is 0.837. The summed E-state index contributed by atoms with van der Waals surface area (Å²) in [6.45, 7) is 15.0. The van der Waals surface area contributed by atoms with Crippen molar-refractivity contribution in [2.45, 2.75) is 105 Å². The standard InChI is InChI=1S/C32H51N5O5/c1-18(2)15-23-28(38)35-27(21(7)8)31(41)36-26(20(5)6)30(40)34-24(17-22-13-11-10-12-14-22)32(42)37(9)25(16-19(3)4)29(39)33-23/h10-14,18-21,23-27H,15-17H2,1-9H3,(H,33,39)(H,34,40)(H,35,38)(H,36,41)/t23-,24-,25+,26-,27-/m0/s1. The average molecular weight is 586 g/mol. The van der Waals surface area contributed by atoms with Crippen molar-refractivity contribution in [2.75, 3.05) is 7.05 Å². The molecule has 10 nitrogen and oxygen atoms in total. The number of nitrogens with zero attached hydrogens (tertiary/aromatic N) is 1. The highest BCUT2D eigenvalue weighted by molar-refractivity contribution is 5.98. The maximum atomic E-state index is 14.0. The Morgan fingerprint density at radius 3 is 1.60 bits per heavy atom. The smallest absolute Gasteiger partial charge is 0.245 e. The molecular weight excluding hydrogens is 534 g/mol. The molecule has 0 aliphatic carbocycles. The minimum atomic E-state index is -0.984. The SMILES string of the molecule is CC(C)C[C@@H]1NC(=O)[C@@H](CC(C)C)N(C)C(=O)[C@H](Cc2ccccc2)NC(=O)[C@H](C(C)C)NC(=O)[C@H](C(C)C)NC1=O. The summed E-state index contributed by atoms with van der Waals surface area (Å²) in [6.07, 6.45) is 0.913. The minimum Gasteiger partial charge on any atom is -0.343 e. The number of hydrogen-bond acceptors (Lipinski definition) is 5. The van der Waals surface area contributed by atoms with E-state index in [-0.39, 0.29) is 30.1 Å². The van der Waals surface area contributed by atoms with Crippen LogP contribution in [0.3, 0.4) is 0 Å². The van der Waals surface area contributed by atoms with Gasteiger partial charge in [-0.2, -0.15) is 0 Å². The molecule has 1 fully saturated rings. The van der Waals surface area contributed by atoms with Crippen LogP contribution in [0.25, 0.3) is 0 Å². The molecule has 1 heterocycles. The number of rotatable bonds is 8. The van der Waals surface area contributed by atoms with Crippen LogP contribution < -0.4 is 21.3 Å². The van der Waals surface area contributed by atoms with Crippen LogP contribution >= 0.6 is 0 Å². The molecule has 4 N–H and O–H groups in total. The molecule has 10 heteroatoms. The number of carbonyl (C=O) groups excluding carboxylic acids is 5. The summed E-state index contributed by atoms with van der Waals surface area (Å²) in [7, 11) is 1.56. The number of likely N-dealkylation sites (N-methyl/N-ethyl adjacent to an activating group) is 1. The van der Waals surface area contributed by atoms with Crippen molar-refractivity contribution in [3.8, 4) is 0 Å². The van der Waals surface area contributed by atoms with Gasteiger partial charge in [-0.25, -0.2) is 0 Å². The number of carbonyl (C=O) groups is 5. The Labute approximate surface area is 251 Å². The first-order chi connectivity index (χ1) is 19.6. The fourth-order valence-electron chi connectivity index (χ4n) is 5.14. The molecular formula is C32H51N5O5. The third-order valence-electron chi connectivity index (χ3n) is 7.54. The van der Waals surface area contributed by atoms with Crippen molar-refractivity contribution in [1.29, 1.82) is 0 Å². The van der Waals surface area contributed by atoms with E-state index in [0.29, 0.717) is 12.8 Å². The van der Waals surface area contributed by atoms with Crippen LogP contribution in [0.15, 0.2) is 30.3 Å². The van der Waals surface area contributed by atoms with Gasteiger partial charge in [-0.15, -0.1) is 0 Å². The van der Waals surface area contributed by atoms with Gasteiger partial charge >= 0.3 is 0 Å². The average Bonchev–Trinajstić information content (AvgIpc) is 2.90. The van der Waals surface area contributed by atoms with Gasteiger partial charge < -0.3 is 26.2 Å². The largest absolute Gasteiger partial charge is 0.343 e. The summed E-state index contributed by atoms with van der Waals surface area (Å²) in [5, 5.41) is 11.4. The van der Waals surface area contributed by atoms with Crippen molar-refractivity contribution >= 4 is 29.5 Å². The van der Waals surface area contributed by atoms with Gasteiger partial charge in [0.15, 0.2) is 0 Å². The molecule has 0 radical (unpaired) electrons. The van der Waals surface area contributed by atoms with E-state index in [1.54, 1.807) is 20.9 Å². The topological polar surface area (TPSA) is 137 Å². The van der Waals surface area contributed by atoms with Crippen LogP contribution in [-0.4, -0.2) is 71.7 Å². The fourth-order valence-corrected chi connectivity index (χ4v) is 5.14. The highest BCUT2D eigenvalue weighted by atomic mass is 16.2. The van der Waals surface area contributed by atoms with Crippen LogP contribution in [0, 0.1) is 23.7 Å². The molecule has 0 saturated carbocycles. The van der Waals surface area contributed by atoms with Gasteiger partial charge in [-0.05, 0) is 42.1 Å². The predicted molar refractivity (Wildman–Crippen MR) is 163 cm³/mol. The van der Waals surface area contributed by atoms with E-state index >= 15 is 0 Å². The summed E-state index contributed by atoms with van der Waals surface area (Å²) in [5.74, 6) is -2.83. The Bertz CT molecular complexity index is 1090. The quantitative estimate of drug-likeness (QED) is 0.372. The molecule has 1 saturated heterocycles. The maximum Gasteiger partial charge on any atom is 0.245 e. The van der Waals surface area contributed by atoms with Crippen LogP contribution in [0.4, 0.5) is 0 Å². The lowest BCUT2D eigenvalue weighted by Crippen LogP contribution is -2.60. The fraction of sp³-hybridized carbons (Fsp3) is 0.656. The van der Waals surface area contributed by atoms with E-state index in [2.05, 4.69) is 21.3 Å². The first-order valence-corrected chi connectivity index (χ1v) is 15.1. The molecule has 1 aromatic carbocycles. The number of amides is 5. The summed E-state index contributed by atoms with van der Waals surface area (Å²) < 4.78 is 0. The van der Waals surface area contributed by atoms with Gasteiger partial charge in [0.2, 0.25) is 29.5 Å². The Morgan fingerprint density at radius 2 is 1.10 bits per heavy atom. The summed E-state index contributed by atoms with van der Waals surface area (Å²) in [4.78, 5) is 69.9. The van der Waals surface area contributed by atoms with Crippen LogP contribution in [0.5, 0.6) is 0 Å². The van der Waals surface area contributed by atoms with Gasteiger partial charge in [0.05, 0.1) is 0 Å². The van der Waals surface area contributed by atoms with Gasteiger partial charge in [0.1, 0.15) is 30.2 Å². The second-order valence-corrected chi connectivity index (χ2v) is 13.0. The number of nitrogens with one attached hydrogen (secondary N) is 4. The summed E-state index contributed by atoms with van der Waals surface area (Å²) >= 11 is 0. The van der Waals surface area contributed by atoms with Gasteiger partial charge in [-0.1, -0.05) is 85.7 Å². The molecule has 0 unspecified atom stereocenters. The molecule has 5 amide bonds. The van der Waals surface area contributed by atoms with E-state index < -0.39 is 59.7 Å². The van der Waals surface area contributed by atoms with Crippen molar-refractivity contribution in [3.05, 3.63) is 35.9 Å². The van der Waals surface area contributed by atoms with Crippen molar-refractivity contribution < 1.29 is 24.0 Å². The zero-order valence-electron chi connectivity index (χ0n) is 26.7. The maximum absolute atomic E-state index is 14.0.